The van der Waals surface area contributed by atoms with Crippen LogP contribution in [0.2, 0.25) is 0 Å². The third-order valence-electron chi connectivity index (χ3n) is 3.49. The molecule has 2 aromatic rings. The van der Waals surface area contributed by atoms with Crippen molar-refractivity contribution >= 4 is 38.7 Å². The number of nitrogens with one attached hydrogen (secondary N) is 2. The summed E-state index contributed by atoms with van der Waals surface area (Å²) < 4.78 is 40.8. The molecule has 0 amide bonds. The van der Waals surface area contributed by atoms with Crippen molar-refractivity contribution in [2.75, 3.05) is 33.6 Å². The summed E-state index contributed by atoms with van der Waals surface area (Å²) in [5.41, 5.74) is 0.929. The minimum atomic E-state index is -3.77. The van der Waals surface area contributed by atoms with Crippen LogP contribution in [-0.4, -0.2) is 61.6 Å². The molecule has 24 heavy (non-hydrogen) atoms. The Bertz CT molecular complexity index is 835. The highest BCUT2D eigenvalue weighted by atomic mass is 32.2. The summed E-state index contributed by atoms with van der Waals surface area (Å²) in [4.78, 5) is 6.39. The van der Waals surface area contributed by atoms with Crippen molar-refractivity contribution in [3.8, 4) is 0 Å². The molecule has 9 nitrogen and oxygen atoms in total. The molecule has 2 heterocycles. The zero-order valence-electron chi connectivity index (χ0n) is 13.1. The highest BCUT2D eigenvalue weighted by molar-refractivity contribution is 7.90. The first-order valence-corrected chi connectivity index (χ1v) is 9.55. The lowest BCUT2D eigenvalue weighted by atomic mass is 10.3. The number of rotatable bonds is 6. The van der Waals surface area contributed by atoms with Gasteiger partial charge in [0.1, 0.15) is 15.9 Å². The van der Waals surface area contributed by atoms with Crippen LogP contribution in [0.4, 0.5) is 0 Å². The Morgan fingerprint density at radius 3 is 3.04 bits per heavy atom. The zero-order chi connectivity index (χ0) is 17.0. The van der Waals surface area contributed by atoms with Gasteiger partial charge in [0.25, 0.3) is 10.0 Å². The summed E-state index contributed by atoms with van der Waals surface area (Å²) in [7, 11) is -2.11. The maximum atomic E-state index is 12.6. The van der Waals surface area contributed by atoms with Gasteiger partial charge in [0.05, 0.1) is 25.1 Å². The van der Waals surface area contributed by atoms with Crippen LogP contribution < -0.4 is 10.0 Å². The van der Waals surface area contributed by atoms with E-state index in [0.29, 0.717) is 31.0 Å². The molecule has 0 saturated heterocycles. The third kappa shape index (κ3) is 3.80. The second-order valence-electron chi connectivity index (χ2n) is 5.22. The molecule has 0 radical (unpaired) electrons. The number of benzene rings is 1. The van der Waals surface area contributed by atoms with Gasteiger partial charge in [-0.1, -0.05) is 6.07 Å². The predicted octanol–water partition coefficient (Wildman–Crippen LogP) is 0.182. The average Bonchev–Trinajstić information content (AvgIpc) is 3.05. The van der Waals surface area contributed by atoms with Crippen LogP contribution in [0.15, 0.2) is 28.1 Å². The Balaban J connectivity index is 1.68. The molecular formula is C13H18N6O3S2. The first-order valence-electron chi connectivity index (χ1n) is 7.34. The van der Waals surface area contributed by atoms with Crippen molar-refractivity contribution < 1.29 is 13.2 Å². The molecule has 0 fully saturated rings. The van der Waals surface area contributed by atoms with Crippen LogP contribution >= 0.6 is 11.7 Å². The van der Waals surface area contributed by atoms with Gasteiger partial charge in [-0.3, -0.25) is 4.90 Å². The Morgan fingerprint density at radius 1 is 1.42 bits per heavy atom. The van der Waals surface area contributed by atoms with Crippen LogP contribution in [0.5, 0.6) is 0 Å². The number of methoxy groups -OCH3 is 1. The van der Waals surface area contributed by atoms with Crippen LogP contribution in [0.3, 0.4) is 0 Å². The van der Waals surface area contributed by atoms with E-state index in [1.807, 2.05) is 0 Å². The van der Waals surface area contributed by atoms with Gasteiger partial charge in [0.2, 0.25) is 5.96 Å². The number of fused-ring (bicyclic) bond motifs is 1. The number of sulfonamides is 1. The lowest BCUT2D eigenvalue weighted by molar-refractivity contribution is 0.169. The van der Waals surface area contributed by atoms with E-state index in [1.165, 1.54) is 6.07 Å². The number of aliphatic imine (C=N–C) groups is 1. The highest BCUT2D eigenvalue weighted by Gasteiger charge is 2.22. The number of guanidine groups is 1. The van der Waals surface area contributed by atoms with Crippen LogP contribution in [0, 0.1) is 0 Å². The van der Waals surface area contributed by atoms with Gasteiger partial charge < -0.3 is 10.1 Å². The fourth-order valence-electron chi connectivity index (χ4n) is 2.29. The monoisotopic (exact) mass is 370 g/mol. The second kappa shape index (κ2) is 7.38. The first-order chi connectivity index (χ1) is 11.6. The van der Waals surface area contributed by atoms with E-state index in [0.717, 1.165) is 24.7 Å². The summed E-state index contributed by atoms with van der Waals surface area (Å²) in [5.74, 6) is 0.234. The van der Waals surface area contributed by atoms with Crippen molar-refractivity contribution in [3.63, 3.8) is 0 Å². The summed E-state index contributed by atoms with van der Waals surface area (Å²) in [5, 5.41) is 2.98. The maximum Gasteiger partial charge on any atom is 0.266 e. The Hall–Kier alpha value is -1.82. The van der Waals surface area contributed by atoms with Gasteiger partial charge in [-0.25, -0.2) is 18.1 Å². The second-order valence-corrected chi connectivity index (χ2v) is 7.40. The molecule has 130 valence electrons. The molecule has 0 atom stereocenters. The first kappa shape index (κ1) is 17.0. The SMILES string of the molecule is COCCCN1CN=C(NS(=O)(=O)c2cccc3nsnc23)NC1. The van der Waals surface area contributed by atoms with E-state index in [9.17, 15) is 8.42 Å². The van der Waals surface area contributed by atoms with Gasteiger partial charge in [-0.2, -0.15) is 8.75 Å². The van der Waals surface area contributed by atoms with Crippen molar-refractivity contribution in [1.29, 1.82) is 0 Å². The molecule has 2 N–H and O–H groups in total. The summed E-state index contributed by atoms with van der Waals surface area (Å²) >= 11 is 0.984. The van der Waals surface area contributed by atoms with Crippen molar-refractivity contribution in [3.05, 3.63) is 18.2 Å². The van der Waals surface area contributed by atoms with Gasteiger partial charge in [0, 0.05) is 20.3 Å². The summed E-state index contributed by atoms with van der Waals surface area (Å²) in [6.45, 7) is 2.46. The third-order valence-corrected chi connectivity index (χ3v) is 5.40. The lowest BCUT2D eigenvalue weighted by Gasteiger charge is -2.26. The van der Waals surface area contributed by atoms with Crippen molar-refractivity contribution in [1.82, 2.24) is 23.7 Å². The molecule has 1 aliphatic rings. The van der Waals surface area contributed by atoms with Crippen LogP contribution in [-0.2, 0) is 14.8 Å². The van der Waals surface area contributed by atoms with Gasteiger partial charge in [-0.15, -0.1) is 0 Å². The van der Waals surface area contributed by atoms with E-state index >= 15 is 0 Å². The Kier molecular flexibility index (Phi) is 5.23. The van der Waals surface area contributed by atoms with Gasteiger partial charge in [-0.05, 0) is 18.6 Å². The Morgan fingerprint density at radius 2 is 2.29 bits per heavy atom. The molecule has 3 rings (SSSR count). The number of ether oxygens (including phenoxy) is 1. The van der Waals surface area contributed by atoms with E-state index in [2.05, 4.69) is 28.7 Å². The quantitative estimate of drug-likeness (QED) is 0.698. The zero-order valence-corrected chi connectivity index (χ0v) is 14.7. The van der Waals surface area contributed by atoms with E-state index in [1.54, 1.807) is 19.2 Å². The molecule has 0 aliphatic carbocycles. The number of hydrogen-bond donors (Lipinski definition) is 2. The minimum absolute atomic E-state index is 0.0979. The minimum Gasteiger partial charge on any atom is -0.385 e. The fourth-order valence-corrected chi connectivity index (χ4v) is 4.07. The number of aromatic nitrogens is 2. The largest absolute Gasteiger partial charge is 0.385 e. The van der Waals surface area contributed by atoms with Gasteiger partial charge in [0.15, 0.2) is 0 Å². The lowest BCUT2D eigenvalue weighted by Crippen LogP contribution is -2.50. The van der Waals surface area contributed by atoms with E-state index in [-0.39, 0.29) is 10.9 Å². The normalized spacial score (nSPS) is 16.0. The average molecular weight is 370 g/mol. The topological polar surface area (TPSA) is 109 Å². The number of nitrogens with zero attached hydrogens (tertiary/aromatic N) is 4. The molecule has 0 spiro atoms. The van der Waals surface area contributed by atoms with Crippen LogP contribution in [0.25, 0.3) is 11.0 Å². The van der Waals surface area contributed by atoms with Crippen molar-refractivity contribution in [2.45, 2.75) is 11.3 Å². The highest BCUT2D eigenvalue weighted by Crippen LogP contribution is 2.20. The molecule has 0 unspecified atom stereocenters. The number of hydrogen-bond acceptors (Lipinski definition) is 9. The molecule has 1 aliphatic heterocycles. The van der Waals surface area contributed by atoms with Gasteiger partial charge >= 0.3 is 0 Å². The smallest absolute Gasteiger partial charge is 0.266 e. The maximum absolute atomic E-state index is 12.6. The van der Waals surface area contributed by atoms with Crippen LogP contribution in [0.1, 0.15) is 6.42 Å². The molecule has 0 saturated carbocycles. The molecular weight excluding hydrogens is 352 g/mol. The molecule has 0 bridgehead atoms. The fraction of sp³-hybridized carbons (Fsp3) is 0.462. The van der Waals surface area contributed by atoms with E-state index in [4.69, 9.17) is 4.74 Å². The van der Waals surface area contributed by atoms with E-state index < -0.39 is 10.0 Å². The van der Waals surface area contributed by atoms with Crippen molar-refractivity contribution in [2.24, 2.45) is 4.99 Å². The predicted molar refractivity (Wildman–Crippen MR) is 91.2 cm³/mol. The molecule has 11 heteroatoms. The Labute approximate surface area is 144 Å². The molecule has 1 aromatic carbocycles. The standard InChI is InChI=1S/C13H18N6O3S2/c1-22-7-3-6-19-8-14-13(15-9-19)18-24(20,21)11-5-2-4-10-12(11)17-23-16-10/h2,4-5H,3,6-9H2,1H3,(H2,14,15,18). The molecule has 1 aromatic heterocycles. The summed E-state index contributed by atoms with van der Waals surface area (Å²) in [6, 6.07) is 4.88. The summed E-state index contributed by atoms with van der Waals surface area (Å²) in [6.07, 6.45) is 0.896.